The fraction of sp³-hybridized carbons (Fsp3) is 0.818. The van der Waals surface area contributed by atoms with Crippen LogP contribution >= 0.6 is 0 Å². The first-order valence-corrected chi connectivity index (χ1v) is 6.13. The minimum absolute atomic E-state index is 0.135. The minimum atomic E-state index is -0.214. The van der Waals surface area contributed by atoms with E-state index in [1.54, 1.807) is 6.92 Å². The van der Waals surface area contributed by atoms with E-state index in [0.29, 0.717) is 13.0 Å². The molecule has 1 aliphatic heterocycles. The predicted molar refractivity (Wildman–Crippen MR) is 65.9 cm³/mol. The lowest BCUT2D eigenvalue weighted by molar-refractivity contribution is -0.131. The van der Waals surface area contributed by atoms with Crippen LogP contribution in [0.15, 0.2) is 5.16 Å². The molecule has 1 aliphatic rings. The number of nitrogens with zero attached hydrogens (tertiary/aromatic N) is 2. The SMILES string of the molecule is CC(NCCC(=O)N1CCCCC1)C(N)=NO. The number of likely N-dealkylation sites (tertiary alicyclic amines) is 1. The fourth-order valence-electron chi connectivity index (χ4n) is 1.89. The summed E-state index contributed by atoms with van der Waals surface area (Å²) in [6.07, 6.45) is 3.91. The number of nitrogens with one attached hydrogen (secondary N) is 1. The highest BCUT2D eigenvalue weighted by Crippen LogP contribution is 2.09. The summed E-state index contributed by atoms with van der Waals surface area (Å²) in [6.45, 7) is 4.11. The monoisotopic (exact) mass is 242 g/mol. The van der Waals surface area contributed by atoms with Gasteiger partial charge in [0.15, 0.2) is 5.84 Å². The number of amidine groups is 1. The molecule has 0 saturated carbocycles. The fourth-order valence-corrected chi connectivity index (χ4v) is 1.89. The van der Waals surface area contributed by atoms with Crippen LogP contribution in [0.2, 0.25) is 0 Å². The molecule has 1 atom stereocenters. The van der Waals surface area contributed by atoms with E-state index in [4.69, 9.17) is 10.9 Å². The third-order valence-electron chi connectivity index (χ3n) is 3.06. The Hall–Kier alpha value is -1.30. The highest BCUT2D eigenvalue weighted by Gasteiger charge is 2.16. The Labute approximate surface area is 102 Å². The summed E-state index contributed by atoms with van der Waals surface area (Å²) >= 11 is 0. The quantitative estimate of drug-likeness (QED) is 0.276. The molecule has 4 N–H and O–H groups in total. The van der Waals surface area contributed by atoms with Gasteiger partial charge in [-0.25, -0.2) is 0 Å². The number of nitrogens with two attached hydrogens (primary N) is 1. The van der Waals surface area contributed by atoms with Gasteiger partial charge >= 0.3 is 0 Å². The van der Waals surface area contributed by atoms with E-state index in [0.717, 1.165) is 25.9 Å². The lowest BCUT2D eigenvalue weighted by Gasteiger charge is -2.27. The van der Waals surface area contributed by atoms with Crippen LogP contribution in [0.25, 0.3) is 0 Å². The molecule has 0 radical (unpaired) electrons. The Morgan fingerprint density at radius 2 is 2.12 bits per heavy atom. The summed E-state index contributed by atoms with van der Waals surface area (Å²) in [6, 6.07) is -0.214. The van der Waals surface area contributed by atoms with E-state index in [-0.39, 0.29) is 17.8 Å². The number of oxime groups is 1. The van der Waals surface area contributed by atoms with Crippen LogP contribution in [0.4, 0.5) is 0 Å². The van der Waals surface area contributed by atoms with Gasteiger partial charge in [-0.15, -0.1) is 0 Å². The molecular formula is C11H22N4O2. The Kier molecular flexibility index (Phi) is 5.76. The minimum Gasteiger partial charge on any atom is -0.409 e. The first-order valence-electron chi connectivity index (χ1n) is 6.13. The van der Waals surface area contributed by atoms with Gasteiger partial charge in [0.25, 0.3) is 0 Å². The van der Waals surface area contributed by atoms with Gasteiger partial charge in [-0.05, 0) is 26.2 Å². The Morgan fingerprint density at radius 1 is 1.47 bits per heavy atom. The maximum Gasteiger partial charge on any atom is 0.223 e. The van der Waals surface area contributed by atoms with E-state index in [1.807, 2.05) is 4.90 Å². The summed E-state index contributed by atoms with van der Waals surface area (Å²) in [7, 11) is 0. The van der Waals surface area contributed by atoms with E-state index >= 15 is 0 Å². The highest BCUT2D eigenvalue weighted by atomic mass is 16.4. The van der Waals surface area contributed by atoms with Crippen molar-refractivity contribution in [2.75, 3.05) is 19.6 Å². The van der Waals surface area contributed by atoms with Gasteiger partial charge < -0.3 is 21.2 Å². The molecule has 1 saturated heterocycles. The topological polar surface area (TPSA) is 91.0 Å². The van der Waals surface area contributed by atoms with Gasteiger partial charge in [-0.2, -0.15) is 0 Å². The molecule has 6 nitrogen and oxygen atoms in total. The van der Waals surface area contributed by atoms with Crippen molar-refractivity contribution in [2.24, 2.45) is 10.9 Å². The predicted octanol–water partition coefficient (Wildman–Crippen LogP) is 0.114. The zero-order valence-electron chi connectivity index (χ0n) is 10.4. The highest BCUT2D eigenvalue weighted by molar-refractivity contribution is 5.84. The second kappa shape index (κ2) is 7.11. The Morgan fingerprint density at radius 3 is 2.71 bits per heavy atom. The molecule has 0 aromatic heterocycles. The van der Waals surface area contributed by atoms with E-state index in [1.165, 1.54) is 6.42 Å². The van der Waals surface area contributed by atoms with Crippen LogP contribution in [-0.4, -0.2) is 47.5 Å². The maximum atomic E-state index is 11.8. The van der Waals surface area contributed by atoms with Gasteiger partial charge in [-0.1, -0.05) is 5.16 Å². The molecule has 1 amide bonds. The van der Waals surface area contributed by atoms with Crippen molar-refractivity contribution < 1.29 is 10.0 Å². The average molecular weight is 242 g/mol. The Bertz CT molecular complexity index is 275. The zero-order chi connectivity index (χ0) is 12.7. The molecule has 0 bridgehead atoms. The summed E-state index contributed by atoms with van der Waals surface area (Å²) in [4.78, 5) is 13.7. The molecule has 17 heavy (non-hydrogen) atoms. The van der Waals surface area contributed by atoms with Gasteiger partial charge in [0.1, 0.15) is 0 Å². The van der Waals surface area contributed by atoms with E-state index in [2.05, 4.69) is 10.5 Å². The molecule has 0 spiro atoms. The average Bonchev–Trinajstić information content (AvgIpc) is 2.38. The lowest BCUT2D eigenvalue weighted by atomic mass is 10.1. The molecule has 0 aromatic carbocycles. The van der Waals surface area contributed by atoms with Crippen LogP contribution in [0.3, 0.4) is 0 Å². The van der Waals surface area contributed by atoms with Crippen LogP contribution in [0.5, 0.6) is 0 Å². The van der Waals surface area contributed by atoms with Gasteiger partial charge in [-0.3, -0.25) is 4.79 Å². The largest absolute Gasteiger partial charge is 0.409 e. The lowest BCUT2D eigenvalue weighted by Crippen LogP contribution is -2.42. The van der Waals surface area contributed by atoms with Crippen LogP contribution in [0, 0.1) is 0 Å². The second-order valence-electron chi connectivity index (χ2n) is 4.39. The maximum absolute atomic E-state index is 11.8. The van der Waals surface area contributed by atoms with Gasteiger partial charge in [0.05, 0.1) is 6.04 Å². The van der Waals surface area contributed by atoms with Crippen LogP contribution in [-0.2, 0) is 4.79 Å². The van der Waals surface area contributed by atoms with Crippen molar-refractivity contribution in [3.8, 4) is 0 Å². The summed E-state index contributed by atoms with van der Waals surface area (Å²) in [5.41, 5.74) is 5.42. The molecule has 1 heterocycles. The number of carbonyl (C=O) groups excluding carboxylic acids is 1. The summed E-state index contributed by atoms with van der Waals surface area (Å²) < 4.78 is 0. The first kappa shape index (κ1) is 13.8. The second-order valence-corrected chi connectivity index (χ2v) is 4.39. The molecule has 6 heteroatoms. The standard InChI is InChI=1S/C11H22N4O2/c1-9(11(12)14-17)13-6-5-10(16)15-7-3-2-4-8-15/h9,13,17H,2-8H2,1H3,(H2,12,14). The summed E-state index contributed by atoms with van der Waals surface area (Å²) in [5.74, 6) is 0.319. The molecule has 0 aromatic rings. The van der Waals surface area contributed by atoms with Gasteiger partial charge in [0, 0.05) is 26.1 Å². The van der Waals surface area contributed by atoms with Crippen molar-refractivity contribution in [3.63, 3.8) is 0 Å². The zero-order valence-corrected chi connectivity index (χ0v) is 10.4. The molecule has 1 fully saturated rings. The van der Waals surface area contributed by atoms with E-state index in [9.17, 15) is 4.79 Å². The third-order valence-corrected chi connectivity index (χ3v) is 3.06. The van der Waals surface area contributed by atoms with E-state index < -0.39 is 0 Å². The van der Waals surface area contributed by atoms with Crippen molar-refractivity contribution >= 4 is 11.7 Å². The van der Waals surface area contributed by atoms with Crippen molar-refractivity contribution in [1.82, 2.24) is 10.2 Å². The smallest absolute Gasteiger partial charge is 0.223 e. The number of carbonyl (C=O) groups is 1. The Balaban J connectivity index is 2.19. The third kappa shape index (κ3) is 4.60. The first-order chi connectivity index (χ1) is 8.15. The normalized spacial score (nSPS) is 19.1. The molecule has 0 aliphatic carbocycles. The van der Waals surface area contributed by atoms with Crippen LogP contribution < -0.4 is 11.1 Å². The molecule has 98 valence electrons. The van der Waals surface area contributed by atoms with Crippen molar-refractivity contribution in [2.45, 2.75) is 38.6 Å². The molecular weight excluding hydrogens is 220 g/mol. The number of amides is 1. The number of hydrogen-bond acceptors (Lipinski definition) is 4. The molecule has 1 rings (SSSR count). The van der Waals surface area contributed by atoms with Crippen molar-refractivity contribution in [1.29, 1.82) is 0 Å². The molecule has 1 unspecified atom stereocenters. The number of piperidine rings is 1. The summed E-state index contributed by atoms with van der Waals surface area (Å²) in [5, 5.41) is 14.4. The number of rotatable bonds is 5. The van der Waals surface area contributed by atoms with Gasteiger partial charge in [0.2, 0.25) is 5.91 Å². The number of hydrogen-bond donors (Lipinski definition) is 3. The van der Waals surface area contributed by atoms with Crippen LogP contribution in [0.1, 0.15) is 32.6 Å². The van der Waals surface area contributed by atoms with Crippen molar-refractivity contribution in [3.05, 3.63) is 0 Å².